The summed E-state index contributed by atoms with van der Waals surface area (Å²) < 4.78 is 30.9. The van der Waals surface area contributed by atoms with E-state index in [1.807, 2.05) is 0 Å². The van der Waals surface area contributed by atoms with Crippen molar-refractivity contribution in [3.8, 4) is 5.75 Å². The van der Waals surface area contributed by atoms with E-state index in [0.717, 1.165) is 0 Å². The van der Waals surface area contributed by atoms with Gasteiger partial charge in [0, 0.05) is 24.3 Å². The molecule has 20 heavy (non-hydrogen) atoms. The van der Waals surface area contributed by atoms with Crippen LogP contribution in [-0.4, -0.2) is 49.4 Å². The molecule has 114 valence electrons. The van der Waals surface area contributed by atoms with Crippen molar-refractivity contribution in [3.05, 3.63) is 24.3 Å². The largest absolute Gasteiger partial charge is 0.492 e. The highest BCUT2D eigenvalue weighted by molar-refractivity contribution is 7.89. The number of anilines is 1. The Balaban J connectivity index is 2.58. The molecule has 0 atom stereocenters. The van der Waals surface area contributed by atoms with E-state index in [1.165, 1.54) is 4.31 Å². The first-order chi connectivity index (χ1) is 9.36. The van der Waals surface area contributed by atoms with Crippen molar-refractivity contribution >= 4 is 15.7 Å². The van der Waals surface area contributed by atoms with Gasteiger partial charge >= 0.3 is 0 Å². The predicted molar refractivity (Wildman–Crippen MR) is 79.1 cm³/mol. The summed E-state index contributed by atoms with van der Waals surface area (Å²) in [7, 11) is -3.45. The van der Waals surface area contributed by atoms with Crippen molar-refractivity contribution in [2.75, 3.05) is 31.2 Å². The number of aliphatic hydroxyl groups excluding tert-OH is 1. The predicted octanol–water partition coefficient (Wildman–Crippen LogP) is 0.680. The number of nitrogen functional groups attached to an aromatic ring is 1. The van der Waals surface area contributed by atoms with Gasteiger partial charge in [0.1, 0.15) is 12.4 Å². The van der Waals surface area contributed by atoms with Gasteiger partial charge in [-0.15, -0.1) is 0 Å². The molecule has 0 bridgehead atoms. The second kappa shape index (κ2) is 7.47. The third-order valence-corrected chi connectivity index (χ3v) is 4.72. The molecule has 0 saturated carbocycles. The van der Waals surface area contributed by atoms with Crippen LogP contribution >= 0.6 is 0 Å². The molecule has 0 radical (unpaired) electrons. The van der Waals surface area contributed by atoms with Gasteiger partial charge in [-0.25, -0.2) is 8.42 Å². The van der Waals surface area contributed by atoms with E-state index in [9.17, 15) is 8.42 Å². The van der Waals surface area contributed by atoms with Crippen LogP contribution in [0.25, 0.3) is 0 Å². The molecule has 0 amide bonds. The molecule has 3 N–H and O–H groups in total. The molecular weight excluding hydrogens is 280 g/mol. The average Bonchev–Trinajstić information content (AvgIpc) is 2.35. The zero-order valence-corrected chi connectivity index (χ0v) is 12.6. The number of nitrogens with zero attached hydrogens (tertiary/aromatic N) is 1. The number of hydrogen-bond donors (Lipinski definition) is 2. The quantitative estimate of drug-likeness (QED) is 0.689. The molecule has 0 fully saturated rings. The molecular formula is C13H22N2O4S. The summed E-state index contributed by atoms with van der Waals surface area (Å²) in [5.74, 6) is 0.401. The summed E-state index contributed by atoms with van der Waals surface area (Å²) in [6.07, 6.45) is 0. The Labute approximate surface area is 120 Å². The zero-order chi connectivity index (χ0) is 15.2. The minimum atomic E-state index is -3.45. The summed E-state index contributed by atoms with van der Waals surface area (Å²) >= 11 is 0. The van der Waals surface area contributed by atoms with Crippen molar-refractivity contribution in [2.24, 2.45) is 0 Å². The number of benzene rings is 1. The Morgan fingerprint density at radius 1 is 1.40 bits per heavy atom. The summed E-state index contributed by atoms with van der Waals surface area (Å²) in [6, 6.07) is 6.63. The van der Waals surface area contributed by atoms with Crippen LogP contribution in [0.1, 0.15) is 13.8 Å². The Morgan fingerprint density at radius 3 is 2.65 bits per heavy atom. The van der Waals surface area contributed by atoms with E-state index in [1.54, 1.807) is 38.1 Å². The van der Waals surface area contributed by atoms with Gasteiger partial charge in [-0.05, 0) is 26.0 Å². The minimum absolute atomic E-state index is 0.0421. The van der Waals surface area contributed by atoms with Crippen LogP contribution in [0.3, 0.4) is 0 Å². The van der Waals surface area contributed by atoms with Gasteiger partial charge in [0.2, 0.25) is 10.0 Å². The lowest BCUT2D eigenvalue weighted by atomic mass is 10.3. The van der Waals surface area contributed by atoms with Gasteiger partial charge in [0.05, 0.1) is 12.4 Å². The Morgan fingerprint density at radius 2 is 2.10 bits per heavy atom. The van der Waals surface area contributed by atoms with Gasteiger partial charge in [-0.2, -0.15) is 4.31 Å². The molecule has 0 aliphatic rings. The highest BCUT2D eigenvalue weighted by Crippen LogP contribution is 2.15. The summed E-state index contributed by atoms with van der Waals surface area (Å²) in [5, 5.41) is 8.93. The first-order valence-electron chi connectivity index (χ1n) is 6.45. The molecule has 0 aromatic heterocycles. The Kier molecular flexibility index (Phi) is 6.25. The third-order valence-electron chi connectivity index (χ3n) is 2.72. The first kappa shape index (κ1) is 16.7. The van der Waals surface area contributed by atoms with Crippen LogP contribution in [0.2, 0.25) is 0 Å². The van der Waals surface area contributed by atoms with Crippen LogP contribution < -0.4 is 10.5 Å². The van der Waals surface area contributed by atoms with Crippen molar-refractivity contribution < 1.29 is 18.3 Å². The number of nitrogens with two attached hydrogens (primary N) is 1. The number of rotatable bonds is 8. The molecule has 1 aromatic rings. The standard InChI is InChI=1S/C13H22N2O4S/c1-11(2)15(6-7-16)20(17,18)9-8-19-13-5-3-4-12(14)10-13/h3-5,10-11,16H,6-9,14H2,1-2H3. The molecule has 1 aromatic carbocycles. The lowest BCUT2D eigenvalue weighted by Crippen LogP contribution is -2.41. The first-order valence-corrected chi connectivity index (χ1v) is 8.06. The van der Waals surface area contributed by atoms with Crippen LogP contribution in [-0.2, 0) is 10.0 Å². The SMILES string of the molecule is CC(C)N(CCO)S(=O)(=O)CCOc1cccc(N)c1. The lowest BCUT2D eigenvalue weighted by molar-refractivity contribution is 0.235. The monoisotopic (exact) mass is 302 g/mol. The highest BCUT2D eigenvalue weighted by atomic mass is 32.2. The second-order valence-corrected chi connectivity index (χ2v) is 6.71. The fraction of sp³-hybridized carbons (Fsp3) is 0.538. The van der Waals surface area contributed by atoms with E-state index in [2.05, 4.69) is 0 Å². The number of ether oxygens (including phenoxy) is 1. The van der Waals surface area contributed by atoms with Crippen LogP contribution in [0, 0.1) is 0 Å². The fourth-order valence-corrected chi connectivity index (χ4v) is 3.33. The third kappa shape index (κ3) is 4.99. The molecule has 0 heterocycles. The number of aliphatic hydroxyl groups is 1. The molecule has 0 spiro atoms. The van der Waals surface area contributed by atoms with E-state index in [0.29, 0.717) is 11.4 Å². The minimum Gasteiger partial charge on any atom is -0.492 e. The molecule has 0 aliphatic carbocycles. The molecule has 0 aliphatic heterocycles. The van der Waals surface area contributed by atoms with Gasteiger partial charge in [0.15, 0.2) is 0 Å². The Hall–Kier alpha value is -1.31. The molecule has 7 heteroatoms. The Bertz CT molecular complexity index is 517. The smallest absolute Gasteiger partial charge is 0.217 e. The van der Waals surface area contributed by atoms with E-state index >= 15 is 0 Å². The number of hydrogen-bond acceptors (Lipinski definition) is 5. The van der Waals surface area contributed by atoms with Gasteiger partial charge in [-0.1, -0.05) is 6.07 Å². The molecule has 6 nitrogen and oxygen atoms in total. The van der Waals surface area contributed by atoms with E-state index in [-0.39, 0.29) is 31.6 Å². The maximum atomic E-state index is 12.1. The van der Waals surface area contributed by atoms with Crippen LogP contribution in [0.4, 0.5) is 5.69 Å². The summed E-state index contributed by atoms with van der Waals surface area (Å²) in [6.45, 7) is 3.48. The maximum absolute atomic E-state index is 12.1. The normalized spacial score (nSPS) is 12.1. The molecule has 0 unspecified atom stereocenters. The van der Waals surface area contributed by atoms with Crippen molar-refractivity contribution in [1.29, 1.82) is 0 Å². The second-order valence-electron chi connectivity index (χ2n) is 4.67. The fourth-order valence-electron chi connectivity index (χ4n) is 1.80. The molecule has 0 saturated heterocycles. The van der Waals surface area contributed by atoms with Crippen LogP contribution in [0.15, 0.2) is 24.3 Å². The summed E-state index contributed by atoms with van der Waals surface area (Å²) in [5.41, 5.74) is 6.17. The lowest BCUT2D eigenvalue weighted by Gasteiger charge is -2.25. The van der Waals surface area contributed by atoms with Gasteiger partial charge in [0.25, 0.3) is 0 Å². The maximum Gasteiger partial charge on any atom is 0.217 e. The van der Waals surface area contributed by atoms with Gasteiger partial charge < -0.3 is 15.6 Å². The zero-order valence-electron chi connectivity index (χ0n) is 11.8. The van der Waals surface area contributed by atoms with Gasteiger partial charge in [-0.3, -0.25) is 0 Å². The number of sulfonamides is 1. The average molecular weight is 302 g/mol. The molecule has 1 rings (SSSR count). The van der Waals surface area contributed by atoms with Crippen LogP contribution in [0.5, 0.6) is 5.75 Å². The topological polar surface area (TPSA) is 92.9 Å². The van der Waals surface area contributed by atoms with Crippen molar-refractivity contribution in [2.45, 2.75) is 19.9 Å². The van der Waals surface area contributed by atoms with E-state index in [4.69, 9.17) is 15.6 Å². The van der Waals surface area contributed by atoms with Crippen molar-refractivity contribution in [3.63, 3.8) is 0 Å². The highest BCUT2D eigenvalue weighted by Gasteiger charge is 2.24. The van der Waals surface area contributed by atoms with E-state index < -0.39 is 10.0 Å². The summed E-state index contributed by atoms with van der Waals surface area (Å²) in [4.78, 5) is 0. The van der Waals surface area contributed by atoms with Crippen molar-refractivity contribution in [1.82, 2.24) is 4.31 Å².